The predicted molar refractivity (Wildman–Crippen MR) is 128 cm³/mol. The molecule has 1 saturated carbocycles. The highest BCUT2D eigenvalue weighted by Gasteiger charge is 2.41. The minimum Gasteiger partial charge on any atom is -0.466 e. The van der Waals surface area contributed by atoms with Gasteiger partial charge in [-0.15, -0.1) is 0 Å². The van der Waals surface area contributed by atoms with Crippen LogP contribution >= 0.6 is 0 Å². The van der Waals surface area contributed by atoms with Crippen molar-refractivity contribution < 1.29 is 32.3 Å². The number of methoxy groups -OCH3 is 1. The van der Waals surface area contributed by atoms with Crippen molar-refractivity contribution in [3.63, 3.8) is 0 Å². The smallest absolute Gasteiger partial charge is 0.347 e. The number of carbonyl (C=O) groups is 3. The molecule has 0 bridgehead atoms. The molecule has 0 spiro atoms. The van der Waals surface area contributed by atoms with Crippen LogP contribution in [0.2, 0.25) is 0 Å². The molecule has 1 aliphatic rings. The van der Waals surface area contributed by atoms with E-state index < -0.39 is 27.9 Å². The Kier molecular flexibility index (Phi) is 13.6. The largest absolute Gasteiger partial charge is 0.466 e. The molecule has 1 rings (SSSR count). The minimum absolute atomic E-state index is 0.0396. The van der Waals surface area contributed by atoms with Crippen molar-refractivity contribution in [2.24, 2.45) is 17.8 Å². The van der Waals surface area contributed by atoms with Crippen molar-refractivity contribution in [2.75, 3.05) is 19.1 Å². The number of ether oxygens (including phenoxy) is 2. The van der Waals surface area contributed by atoms with E-state index in [2.05, 4.69) is 23.8 Å². The molecule has 0 amide bonds. The van der Waals surface area contributed by atoms with Crippen molar-refractivity contribution in [1.29, 1.82) is 0 Å². The Bertz CT molecular complexity index is 757. The average Bonchev–Trinajstić information content (AvgIpc) is 3.01. The van der Waals surface area contributed by atoms with E-state index in [1.54, 1.807) is 0 Å². The lowest BCUT2D eigenvalue weighted by molar-refractivity contribution is -0.165. The molecule has 4 atom stereocenters. The normalized spacial score (nSPS) is 21.9. The maximum Gasteiger partial charge on any atom is 0.347 e. The van der Waals surface area contributed by atoms with Gasteiger partial charge in [0.05, 0.1) is 12.9 Å². The number of unbranched alkanes of at least 4 members (excludes halogenated alkanes) is 6. The van der Waals surface area contributed by atoms with Gasteiger partial charge in [0.2, 0.25) is 0 Å². The molecule has 33 heavy (non-hydrogen) atoms. The van der Waals surface area contributed by atoms with Crippen molar-refractivity contribution in [3.8, 4) is 0 Å². The number of ketones is 1. The Morgan fingerprint density at radius 1 is 1.12 bits per heavy atom. The molecule has 8 heteroatoms. The van der Waals surface area contributed by atoms with Crippen molar-refractivity contribution in [3.05, 3.63) is 12.2 Å². The average molecular weight is 487 g/mol. The van der Waals surface area contributed by atoms with Gasteiger partial charge in [0.25, 0.3) is 0 Å². The maximum absolute atomic E-state index is 12.7. The fraction of sp³-hybridized carbons (Fsp3) is 0.800. The summed E-state index contributed by atoms with van der Waals surface area (Å²) < 4.78 is 33.5. The zero-order valence-corrected chi connectivity index (χ0v) is 21.5. The van der Waals surface area contributed by atoms with E-state index in [1.807, 2.05) is 0 Å². The van der Waals surface area contributed by atoms with E-state index >= 15 is 0 Å². The van der Waals surface area contributed by atoms with Gasteiger partial charge < -0.3 is 9.47 Å². The summed E-state index contributed by atoms with van der Waals surface area (Å²) in [7, 11) is -1.90. The Morgan fingerprint density at radius 2 is 1.82 bits per heavy atom. The van der Waals surface area contributed by atoms with Crippen LogP contribution in [-0.4, -0.2) is 51.4 Å². The van der Waals surface area contributed by atoms with Crippen molar-refractivity contribution in [1.82, 2.24) is 0 Å². The van der Waals surface area contributed by atoms with Gasteiger partial charge in [-0.3, -0.25) is 9.59 Å². The van der Waals surface area contributed by atoms with Crippen LogP contribution in [0.15, 0.2) is 12.2 Å². The van der Waals surface area contributed by atoms with Gasteiger partial charge in [0.15, 0.2) is 6.10 Å². The Morgan fingerprint density at radius 3 is 2.42 bits per heavy atom. The molecule has 0 aromatic heterocycles. The van der Waals surface area contributed by atoms with Crippen LogP contribution in [-0.2, 0) is 33.7 Å². The van der Waals surface area contributed by atoms with Crippen LogP contribution in [0.25, 0.3) is 0 Å². The quantitative estimate of drug-likeness (QED) is 0.180. The predicted octanol–water partition coefficient (Wildman–Crippen LogP) is 4.43. The molecule has 1 aliphatic carbocycles. The third-order valence-corrected chi connectivity index (χ3v) is 7.27. The minimum atomic E-state index is -3.16. The molecular formula is C25H42O7S. The number of carbonyl (C=O) groups excluding carboxylic acids is 3. The first-order chi connectivity index (χ1) is 15.6. The van der Waals surface area contributed by atoms with Gasteiger partial charge >= 0.3 is 11.9 Å². The van der Waals surface area contributed by atoms with E-state index in [1.165, 1.54) is 39.6 Å². The number of allylic oxidation sites excluding steroid dienone is 2. The lowest BCUT2D eigenvalue weighted by Gasteiger charge is -2.20. The first kappa shape index (κ1) is 29.3. The molecular weight excluding hydrogens is 444 g/mol. The van der Waals surface area contributed by atoms with E-state index in [4.69, 9.17) is 4.74 Å². The second-order valence-electron chi connectivity index (χ2n) is 9.24. The van der Waals surface area contributed by atoms with Crippen LogP contribution in [0.1, 0.15) is 84.5 Å². The number of hydrogen-bond donors (Lipinski definition) is 0. The number of Topliss-reactive ketones (excluding diaryl/α,β-unsaturated/α-hetero) is 1. The molecule has 7 nitrogen and oxygen atoms in total. The van der Waals surface area contributed by atoms with Gasteiger partial charge in [0.1, 0.15) is 15.6 Å². The van der Waals surface area contributed by atoms with Crippen LogP contribution < -0.4 is 0 Å². The summed E-state index contributed by atoms with van der Waals surface area (Å²) in [6.07, 6.45) is 13.8. The van der Waals surface area contributed by atoms with Crippen LogP contribution in [0.4, 0.5) is 0 Å². The maximum atomic E-state index is 12.7. The molecule has 0 N–H and O–H groups in total. The third kappa shape index (κ3) is 11.8. The molecule has 0 aliphatic heterocycles. The number of sulfone groups is 1. The topological polar surface area (TPSA) is 104 Å². The lowest BCUT2D eigenvalue weighted by atomic mass is 9.85. The highest BCUT2D eigenvalue weighted by Crippen LogP contribution is 2.39. The summed E-state index contributed by atoms with van der Waals surface area (Å²) in [5, 5.41) is 0. The molecule has 0 aromatic rings. The number of esters is 2. The van der Waals surface area contributed by atoms with Gasteiger partial charge in [-0.1, -0.05) is 51.2 Å². The fourth-order valence-electron chi connectivity index (χ4n) is 4.66. The summed E-state index contributed by atoms with van der Waals surface area (Å²) >= 11 is 0. The van der Waals surface area contributed by atoms with E-state index in [9.17, 15) is 22.8 Å². The molecule has 1 unspecified atom stereocenters. The molecule has 0 saturated heterocycles. The molecule has 190 valence electrons. The van der Waals surface area contributed by atoms with E-state index in [0.717, 1.165) is 25.7 Å². The first-order valence-corrected chi connectivity index (χ1v) is 14.3. The molecule has 1 fully saturated rings. The zero-order valence-electron chi connectivity index (χ0n) is 20.7. The molecule has 0 aromatic carbocycles. The number of hydrogen-bond acceptors (Lipinski definition) is 7. The Labute approximate surface area is 199 Å². The molecule has 0 radical (unpaired) electrons. The monoisotopic (exact) mass is 486 g/mol. The number of rotatable bonds is 16. The Balaban J connectivity index is 2.64. The zero-order chi connectivity index (χ0) is 24.9. The van der Waals surface area contributed by atoms with Crippen molar-refractivity contribution in [2.45, 2.75) is 90.6 Å². The summed E-state index contributed by atoms with van der Waals surface area (Å²) in [6.45, 7) is 3.43. The second kappa shape index (κ2) is 15.3. The van der Waals surface area contributed by atoms with Crippen LogP contribution in [0.5, 0.6) is 0 Å². The summed E-state index contributed by atoms with van der Waals surface area (Å²) in [5.74, 6) is -1.25. The van der Waals surface area contributed by atoms with Gasteiger partial charge in [-0.05, 0) is 43.9 Å². The lowest BCUT2D eigenvalue weighted by Crippen LogP contribution is -2.27. The van der Waals surface area contributed by atoms with Crippen molar-refractivity contribution >= 4 is 27.6 Å². The van der Waals surface area contributed by atoms with Gasteiger partial charge in [0, 0.05) is 25.5 Å². The first-order valence-electron chi connectivity index (χ1n) is 12.2. The summed E-state index contributed by atoms with van der Waals surface area (Å²) in [5.41, 5.74) is 0. The highest BCUT2D eigenvalue weighted by molar-refractivity contribution is 7.90. The van der Waals surface area contributed by atoms with Gasteiger partial charge in [-0.25, -0.2) is 13.2 Å². The summed E-state index contributed by atoms with van der Waals surface area (Å²) in [4.78, 5) is 35.7. The summed E-state index contributed by atoms with van der Waals surface area (Å²) in [6, 6.07) is 0. The highest BCUT2D eigenvalue weighted by atomic mass is 32.2. The second-order valence-corrected chi connectivity index (χ2v) is 11.4. The van der Waals surface area contributed by atoms with E-state index in [-0.39, 0.29) is 29.3 Å². The Hall–Kier alpha value is -1.70. The van der Waals surface area contributed by atoms with Crippen LogP contribution in [0.3, 0.4) is 0 Å². The van der Waals surface area contributed by atoms with Gasteiger partial charge in [-0.2, -0.15) is 0 Å². The third-order valence-electron chi connectivity index (χ3n) is 6.24. The standard InChI is InChI=1S/C25H42O7S/c1-5-6-7-8-9-11-14-21-20(18-33(4,29)30)17-23(27)22(21)15-12-10-13-16-24(25(28)31-3)32-19(2)26/h11,14,20-22,24H,5-10,12-13,15-18H2,1-4H3/t20-,21-,22+,24?/m0/s1. The van der Waals surface area contributed by atoms with E-state index in [0.29, 0.717) is 25.7 Å². The van der Waals surface area contributed by atoms with Crippen LogP contribution in [0, 0.1) is 17.8 Å². The molecule has 0 heterocycles. The SMILES string of the molecule is CCCCCCC=C[C@H]1[C@H](CS(C)(=O)=O)CC(=O)[C@@H]1CCCCCC(OC(C)=O)C(=O)OC. The fourth-order valence-corrected chi connectivity index (χ4v) is 5.78.